The lowest BCUT2D eigenvalue weighted by Crippen LogP contribution is -2.29. The molecular weight excluding hydrogens is 192 g/mol. The molecule has 2 rings (SSSR count). The molecule has 0 aromatic heterocycles. The van der Waals surface area contributed by atoms with Crippen molar-refractivity contribution in [1.82, 2.24) is 5.32 Å². The van der Waals surface area contributed by atoms with Gasteiger partial charge in [0.05, 0.1) is 5.37 Å². The molecule has 1 aliphatic heterocycles. The van der Waals surface area contributed by atoms with Crippen LogP contribution in [0.15, 0.2) is 10.6 Å². The standard InChI is InChI=1S/C11H20N2S/c1-8-10(7-12)14-11(13-8)9-5-3-2-4-6-9/h9,11,13H,2-7,12H2,1H3. The molecule has 3 N–H and O–H groups in total. The summed E-state index contributed by atoms with van der Waals surface area (Å²) in [6.07, 6.45) is 7.07. The van der Waals surface area contributed by atoms with E-state index in [9.17, 15) is 0 Å². The molecular formula is C11H20N2S. The highest BCUT2D eigenvalue weighted by Crippen LogP contribution is 2.38. The zero-order valence-corrected chi connectivity index (χ0v) is 9.70. The average Bonchev–Trinajstić information content (AvgIpc) is 2.61. The predicted molar refractivity (Wildman–Crippen MR) is 62.8 cm³/mol. The third kappa shape index (κ3) is 2.09. The number of thioether (sulfide) groups is 1. The van der Waals surface area contributed by atoms with E-state index in [0.717, 1.165) is 5.92 Å². The molecule has 0 radical (unpaired) electrons. The second-order valence-electron chi connectivity index (χ2n) is 4.33. The molecule has 0 amide bonds. The Morgan fingerprint density at radius 1 is 1.36 bits per heavy atom. The molecule has 1 saturated carbocycles. The molecule has 1 heterocycles. The minimum atomic E-state index is 0.619. The second kappa shape index (κ2) is 4.58. The fourth-order valence-corrected chi connectivity index (χ4v) is 3.76. The van der Waals surface area contributed by atoms with E-state index in [0.29, 0.717) is 11.9 Å². The van der Waals surface area contributed by atoms with E-state index in [1.54, 1.807) is 0 Å². The van der Waals surface area contributed by atoms with Gasteiger partial charge in [0.25, 0.3) is 0 Å². The van der Waals surface area contributed by atoms with Crippen molar-refractivity contribution in [3.8, 4) is 0 Å². The summed E-state index contributed by atoms with van der Waals surface area (Å²) in [5.41, 5.74) is 7.01. The Balaban J connectivity index is 1.90. The molecule has 0 aromatic carbocycles. The lowest BCUT2D eigenvalue weighted by molar-refractivity contribution is 0.336. The summed E-state index contributed by atoms with van der Waals surface area (Å²) in [5.74, 6) is 0.868. The molecule has 1 fully saturated rings. The van der Waals surface area contributed by atoms with E-state index in [-0.39, 0.29) is 0 Å². The summed E-state index contributed by atoms with van der Waals surface area (Å²) < 4.78 is 0. The van der Waals surface area contributed by atoms with E-state index < -0.39 is 0 Å². The molecule has 1 unspecified atom stereocenters. The van der Waals surface area contributed by atoms with Gasteiger partial charge in [0.2, 0.25) is 0 Å². The van der Waals surface area contributed by atoms with Crippen LogP contribution in [0, 0.1) is 5.92 Å². The van der Waals surface area contributed by atoms with Crippen molar-refractivity contribution in [2.45, 2.75) is 44.4 Å². The van der Waals surface area contributed by atoms with E-state index in [2.05, 4.69) is 12.2 Å². The van der Waals surface area contributed by atoms with Crippen LogP contribution in [0.25, 0.3) is 0 Å². The van der Waals surface area contributed by atoms with Crippen LogP contribution in [-0.2, 0) is 0 Å². The first-order chi connectivity index (χ1) is 6.81. The lowest BCUT2D eigenvalue weighted by Gasteiger charge is -2.27. The van der Waals surface area contributed by atoms with E-state index in [1.165, 1.54) is 42.7 Å². The van der Waals surface area contributed by atoms with Crippen LogP contribution in [0.2, 0.25) is 0 Å². The zero-order chi connectivity index (χ0) is 9.97. The summed E-state index contributed by atoms with van der Waals surface area (Å²) in [6.45, 7) is 2.85. The molecule has 0 aromatic rings. The average molecular weight is 212 g/mol. The Morgan fingerprint density at radius 3 is 2.64 bits per heavy atom. The quantitative estimate of drug-likeness (QED) is 0.738. The van der Waals surface area contributed by atoms with Crippen molar-refractivity contribution >= 4 is 11.8 Å². The Morgan fingerprint density at radius 2 is 2.07 bits per heavy atom. The van der Waals surface area contributed by atoms with Crippen molar-refractivity contribution in [3.05, 3.63) is 10.6 Å². The van der Waals surface area contributed by atoms with Crippen LogP contribution in [0.3, 0.4) is 0 Å². The number of allylic oxidation sites excluding steroid dienone is 1. The summed E-state index contributed by atoms with van der Waals surface area (Å²) in [7, 11) is 0. The highest BCUT2D eigenvalue weighted by Gasteiger charge is 2.29. The van der Waals surface area contributed by atoms with Gasteiger partial charge in [-0.25, -0.2) is 0 Å². The van der Waals surface area contributed by atoms with Gasteiger partial charge in [-0.3, -0.25) is 0 Å². The van der Waals surface area contributed by atoms with Crippen LogP contribution in [0.4, 0.5) is 0 Å². The molecule has 1 aliphatic carbocycles. The van der Waals surface area contributed by atoms with Crippen LogP contribution in [-0.4, -0.2) is 11.9 Å². The molecule has 0 bridgehead atoms. The molecule has 2 nitrogen and oxygen atoms in total. The largest absolute Gasteiger partial charge is 0.376 e. The fourth-order valence-electron chi connectivity index (χ4n) is 2.42. The summed E-state index contributed by atoms with van der Waals surface area (Å²) >= 11 is 1.97. The maximum atomic E-state index is 5.70. The van der Waals surface area contributed by atoms with Gasteiger partial charge < -0.3 is 11.1 Å². The maximum Gasteiger partial charge on any atom is 0.0792 e. The van der Waals surface area contributed by atoms with Crippen LogP contribution in [0.5, 0.6) is 0 Å². The second-order valence-corrected chi connectivity index (χ2v) is 5.57. The molecule has 2 aliphatic rings. The normalized spacial score (nSPS) is 29.4. The fraction of sp³-hybridized carbons (Fsp3) is 0.818. The van der Waals surface area contributed by atoms with E-state index >= 15 is 0 Å². The van der Waals surface area contributed by atoms with Crippen molar-refractivity contribution in [2.24, 2.45) is 11.7 Å². The smallest absolute Gasteiger partial charge is 0.0792 e. The van der Waals surface area contributed by atoms with Crippen LogP contribution >= 0.6 is 11.8 Å². The van der Waals surface area contributed by atoms with Gasteiger partial charge >= 0.3 is 0 Å². The number of nitrogens with one attached hydrogen (secondary N) is 1. The van der Waals surface area contributed by atoms with Gasteiger partial charge in [-0.2, -0.15) is 0 Å². The van der Waals surface area contributed by atoms with Gasteiger partial charge in [-0.1, -0.05) is 19.3 Å². The van der Waals surface area contributed by atoms with E-state index in [4.69, 9.17) is 5.73 Å². The minimum Gasteiger partial charge on any atom is -0.376 e. The molecule has 0 spiro atoms. The third-order valence-electron chi connectivity index (χ3n) is 3.31. The van der Waals surface area contributed by atoms with Gasteiger partial charge in [-0.05, 0) is 25.7 Å². The molecule has 0 saturated heterocycles. The minimum absolute atomic E-state index is 0.619. The molecule has 1 atom stereocenters. The maximum absolute atomic E-state index is 5.70. The zero-order valence-electron chi connectivity index (χ0n) is 8.88. The van der Waals surface area contributed by atoms with E-state index in [1.807, 2.05) is 11.8 Å². The molecule has 14 heavy (non-hydrogen) atoms. The number of hydrogen-bond acceptors (Lipinski definition) is 3. The van der Waals surface area contributed by atoms with Crippen molar-refractivity contribution in [2.75, 3.05) is 6.54 Å². The Hall–Kier alpha value is -0.150. The van der Waals surface area contributed by atoms with Gasteiger partial charge in [-0.15, -0.1) is 11.8 Å². The van der Waals surface area contributed by atoms with Crippen molar-refractivity contribution in [1.29, 1.82) is 0 Å². The first-order valence-corrected chi connectivity index (χ1v) is 6.52. The Kier molecular flexibility index (Phi) is 3.39. The number of rotatable bonds is 2. The van der Waals surface area contributed by atoms with Gasteiger partial charge in [0.15, 0.2) is 0 Å². The Bertz CT molecular complexity index is 231. The number of hydrogen-bond donors (Lipinski definition) is 2. The Labute approximate surface area is 90.7 Å². The van der Waals surface area contributed by atoms with Crippen LogP contribution in [0.1, 0.15) is 39.0 Å². The van der Waals surface area contributed by atoms with Gasteiger partial charge in [0.1, 0.15) is 0 Å². The number of nitrogens with two attached hydrogens (primary N) is 1. The topological polar surface area (TPSA) is 38.0 Å². The monoisotopic (exact) mass is 212 g/mol. The first kappa shape index (κ1) is 10.4. The summed E-state index contributed by atoms with van der Waals surface area (Å²) in [5, 5.41) is 4.21. The summed E-state index contributed by atoms with van der Waals surface area (Å²) in [4.78, 5) is 1.36. The van der Waals surface area contributed by atoms with Crippen molar-refractivity contribution < 1.29 is 0 Å². The van der Waals surface area contributed by atoms with Crippen LogP contribution < -0.4 is 11.1 Å². The SMILES string of the molecule is CC1=C(CN)SC(C2CCCCC2)N1. The van der Waals surface area contributed by atoms with Crippen molar-refractivity contribution in [3.63, 3.8) is 0 Å². The third-order valence-corrected chi connectivity index (χ3v) is 4.82. The highest BCUT2D eigenvalue weighted by atomic mass is 32.2. The van der Waals surface area contributed by atoms with Gasteiger partial charge in [0, 0.05) is 17.1 Å². The molecule has 80 valence electrons. The highest BCUT2D eigenvalue weighted by molar-refractivity contribution is 8.03. The molecule has 3 heteroatoms. The predicted octanol–water partition coefficient (Wildman–Crippen LogP) is 2.42. The first-order valence-electron chi connectivity index (χ1n) is 5.64. The summed E-state index contributed by atoms with van der Waals surface area (Å²) in [6, 6.07) is 0. The lowest BCUT2D eigenvalue weighted by atomic mass is 9.89.